The topological polar surface area (TPSA) is 64.3 Å². The van der Waals surface area contributed by atoms with Gasteiger partial charge in [0.05, 0.1) is 11.7 Å². The molecular formula is C22H27N5O. The summed E-state index contributed by atoms with van der Waals surface area (Å²) in [6.45, 7) is 3.35. The summed E-state index contributed by atoms with van der Waals surface area (Å²) >= 11 is 0. The maximum atomic E-state index is 12.5. The Kier molecular flexibility index (Phi) is 5.30. The molecule has 146 valence electrons. The Hall–Kier alpha value is -2.86. The van der Waals surface area contributed by atoms with Crippen LogP contribution in [0.1, 0.15) is 23.2 Å². The number of nitrogens with zero attached hydrogens (tertiary/aromatic N) is 3. The van der Waals surface area contributed by atoms with Crippen molar-refractivity contribution in [1.82, 2.24) is 15.1 Å². The highest BCUT2D eigenvalue weighted by Gasteiger charge is 2.20. The molecule has 2 heterocycles. The van der Waals surface area contributed by atoms with Crippen molar-refractivity contribution in [3.05, 3.63) is 54.2 Å². The van der Waals surface area contributed by atoms with E-state index in [9.17, 15) is 4.79 Å². The number of anilines is 2. The van der Waals surface area contributed by atoms with Crippen molar-refractivity contribution in [2.45, 2.75) is 12.8 Å². The third-order valence-corrected chi connectivity index (χ3v) is 5.43. The van der Waals surface area contributed by atoms with Crippen LogP contribution in [0.3, 0.4) is 0 Å². The summed E-state index contributed by atoms with van der Waals surface area (Å²) < 4.78 is 0. The molecule has 0 atom stereocenters. The molecule has 6 nitrogen and oxygen atoms in total. The molecule has 1 amide bonds. The quantitative estimate of drug-likeness (QED) is 0.713. The molecule has 3 aromatic rings. The van der Waals surface area contributed by atoms with Gasteiger partial charge in [-0.2, -0.15) is 5.10 Å². The summed E-state index contributed by atoms with van der Waals surface area (Å²) in [7, 11) is 4.29. The zero-order valence-electron chi connectivity index (χ0n) is 16.5. The van der Waals surface area contributed by atoms with Gasteiger partial charge in [-0.15, -0.1) is 0 Å². The number of hydrogen-bond donors (Lipinski definition) is 2. The van der Waals surface area contributed by atoms with Crippen LogP contribution in [0, 0.1) is 5.92 Å². The predicted octanol–water partition coefficient (Wildman–Crippen LogP) is 3.59. The van der Waals surface area contributed by atoms with Crippen LogP contribution in [0.25, 0.3) is 10.9 Å². The summed E-state index contributed by atoms with van der Waals surface area (Å²) in [6, 6.07) is 13.7. The minimum Gasteiger partial charge on any atom is -0.372 e. The van der Waals surface area contributed by atoms with Crippen LogP contribution in [-0.2, 0) is 0 Å². The van der Waals surface area contributed by atoms with Gasteiger partial charge in [-0.25, -0.2) is 0 Å². The van der Waals surface area contributed by atoms with Gasteiger partial charge in [0.2, 0.25) is 0 Å². The average molecular weight is 377 g/mol. The normalized spacial score (nSPS) is 15.3. The Morgan fingerprint density at radius 1 is 1.18 bits per heavy atom. The second-order valence-corrected chi connectivity index (χ2v) is 7.87. The zero-order valence-corrected chi connectivity index (χ0v) is 16.5. The molecular weight excluding hydrogens is 350 g/mol. The smallest absolute Gasteiger partial charge is 0.255 e. The molecule has 1 aliphatic heterocycles. The van der Waals surface area contributed by atoms with Crippen LogP contribution in [0.15, 0.2) is 48.7 Å². The van der Waals surface area contributed by atoms with Crippen LogP contribution in [0.2, 0.25) is 0 Å². The van der Waals surface area contributed by atoms with Crippen molar-refractivity contribution in [2.24, 2.45) is 5.92 Å². The van der Waals surface area contributed by atoms with E-state index in [0.717, 1.165) is 35.6 Å². The largest absolute Gasteiger partial charge is 0.372 e. The second-order valence-electron chi connectivity index (χ2n) is 7.87. The first-order valence-electron chi connectivity index (χ1n) is 9.83. The van der Waals surface area contributed by atoms with Gasteiger partial charge in [0.15, 0.2) is 0 Å². The highest BCUT2D eigenvalue weighted by Crippen LogP contribution is 2.25. The molecule has 0 saturated carbocycles. The number of rotatable bonds is 5. The Morgan fingerprint density at radius 3 is 2.64 bits per heavy atom. The fourth-order valence-electron chi connectivity index (χ4n) is 3.93. The highest BCUT2D eigenvalue weighted by molar-refractivity contribution is 6.06. The first kappa shape index (κ1) is 18.5. The summed E-state index contributed by atoms with van der Waals surface area (Å²) in [6.07, 6.45) is 4.21. The van der Waals surface area contributed by atoms with Crippen LogP contribution < -0.4 is 10.2 Å². The SMILES string of the molecule is CN(C)CC1CCN(c2ccc(NC(=O)c3ccc4cn[nH]c4c3)cc2)CC1. The van der Waals surface area contributed by atoms with E-state index in [0.29, 0.717) is 5.56 Å². The van der Waals surface area contributed by atoms with Crippen LogP contribution in [-0.4, -0.2) is 54.7 Å². The highest BCUT2D eigenvalue weighted by atomic mass is 16.1. The number of piperidine rings is 1. The molecule has 28 heavy (non-hydrogen) atoms. The number of carbonyl (C=O) groups is 1. The number of aromatic nitrogens is 2. The number of benzene rings is 2. The van der Waals surface area contributed by atoms with E-state index in [1.54, 1.807) is 6.20 Å². The number of aromatic amines is 1. The molecule has 4 rings (SSSR count). The monoisotopic (exact) mass is 377 g/mol. The molecule has 0 unspecified atom stereocenters. The van der Waals surface area contributed by atoms with E-state index in [-0.39, 0.29) is 5.91 Å². The van der Waals surface area contributed by atoms with Gasteiger partial charge >= 0.3 is 0 Å². The van der Waals surface area contributed by atoms with E-state index in [1.165, 1.54) is 25.1 Å². The Morgan fingerprint density at radius 2 is 1.93 bits per heavy atom. The molecule has 0 aliphatic carbocycles. The van der Waals surface area contributed by atoms with Crippen molar-refractivity contribution < 1.29 is 4.79 Å². The molecule has 1 saturated heterocycles. The number of amides is 1. The van der Waals surface area contributed by atoms with Gasteiger partial charge in [-0.3, -0.25) is 9.89 Å². The van der Waals surface area contributed by atoms with Gasteiger partial charge < -0.3 is 15.1 Å². The fourth-order valence-corrected chi connectivity index (χ4v) is 3.93. The number of H-pyrrole nitrogens is 1. The number of nitrogens with one attached hydrogen (secondary N) is 2. The van der Waals surface area contributed by atoms with Gasteiger partial charge in [0, 0.05) is 42.0 Å². The first-order valence-corrected chi connectivity index (χ1v) is 9.83. The molecule has 0 spiro atoms. The molecule has 2 aromatic carbocycles. The van der Waals surface area contributed by atoms with Gasteiger partial charge in [0.1, 0.15) is 0 Å². The summed E-state index contributed by atoms with van der Waals surface area (Å²) in [5, 5.41) is 10.9. The minimum atomic E-state index is -0.117. The summed E-state index contributed by atoms with van der Waals surface area (Å²) in [5.41, 5.74) is 3.51. The van der Waals surface area contributed by atoms with Crippen molar-refractivity contribution >= 4 is 28.2 Å². The minimum absolute atomic E-state index is 0.117. The van der Waals surface area contributed by atoms with Crippen molar-refractivity contribution in [3.8, 4) is 0 Å². The van der Waals surface area contributed by atoms with Gasteiger partial charge in [0.25, 0.3) is 5.91 Å². The third kappa shape index (κ3) is 4.17. The first-order chi connectivity index (χ1) is 13.6. The summed E-state index contributed by atoms with van der Waals surface area (Å²) in [5.74, 6) is 0.672. The molecule has 2 N–H and O–H groups in total. The maximum absolute atomic E-state index is 12.5. The van der Waals surface area contributed by atoms with E-state index in [4.69, 9.17) is 0 Å². The van der Waals surface area contributed by atoms with Crippen molar-refractivity contribution in [1.29, 1.82) is 0 Å². The number of carbonyl (C=O) groups excluding carboxylic acids is 1. The lowest BCUT2D eigenvalue weighted by Gasteiger charge is -2.34. The molecule has 1 aromatic heterocycles. The van der Waals surface area contributed by atoms with Crippen LogP contribution in [0.4, 0.5) is 11.4 Å². The standard InChI is InChI=1S/C22H27N5O/c1-26(2)15-16-9-11-27(12-10-16)20-7-5-19(6-8-20)24-22(28)17-3-4-18-14-23-25-21(18)13-17/h3-8,13-14,16H,9-12,15H2,1-2H3,(H,23,25)(H,24,28). The fraction of sp³-hybridized carbons (Fsp3) is 0.364. The number of hydrogen-bond acceptors (Lipinski definition) is 4. The van der Waals surface area contributed by atoms with Gasteiger partial charge in [-0.1, -0.05) is 6.07 Å². The lowest BCUT2D eigenvalue weighted by Crippen LogP contribution is -2.37. The zero-order chi connectivity index (χ0) is 19.5. The van der Waals surface area contributed by atoms with Crippen molar-refractivity contribution in [2.75, 3.05) is 43.9 Å². The molecule has 0 bridgehead atoms. The van der Waals surface area contributed by atoms with Crippen LogP contribution >= 0.6 is 0 Å². The lowest BCUT2D eigenvalue weighted by atomic mass is 9.96. The Balaban J connectivity index is 1.36. The molecule has 6 heteroatoms. The molecule has 1 aliphatic rings. The Labute approximate surface area is 165 Å². The van der Waals surface area contributed by atoms with E-state index in [1.807, 2.05) is 30.3 Å². The third-order valence-electron chi connectivity index (χ3n) is 5.43. The average Bonchev–Trinajstić information content (AvgIpc) is 3.16. The van der Waals surface area contributed by atoms with E-state index in [2.05, 4.69) is 51.5 Å². The maximum Gasteiger partial charge on any atom is 0.255 e. The van der Waals surface area contributed by atoms with E-state index >= 15 is 0 Å². The molecule has 0 radical (unpaired) electrons. The van der Waals surface area contributed by atoms with Gasteiger partial charge in [-0.05, 0) is 69.3 Å². The van der Waals surface area contributed by atoms with E-state index < -0.39 is 0 Å². The summed E-state index contributed by atoms with van der Waals surface area (Å²) in [4.78, 5) is 17.2. The Bertz CT molecular complexity index is 939. The molecule has 1 fully saturated rings. The number of fused-ring (bicyclic) bond motifs is 1. The second kappa shape index (κ2) is 8.02. The lowest BCUT2D eigenvalue weighted by molar-refractivity contribution is 0.102. The van der Waals surface area contributed by atoms with Crippen molar-refractivity contribution in [3.63, 3.8) is 0 Å². The predicted molar refractivity (Wildman–Crippen MR) is 114 cm³/mol. The van der Waals surface area contributed by atoms with Crippen LogP contribution in [0.5, 0.6) is 0 Å².